The van der Waals surface area contributed by atoms with E-state index in [2.05, 4.69) is 21.2 Å². The second-order valence-corrected chi connectivity index (χ2v) is 7.04. The number of furan rings is 1. The molecule has 116 valence electrons. The maximum atomic E-state index is 5.73. The second kappa shape index (κ2) is 6.11. The second-order valence-electron chi connectivity index (χ2n) is 7.04. The average Bonchev–Trinajstić information content (AvgIpc) is 3.42. The van der Waals surface area contributed by atoms with E-state index in [0.29, 0.717) is 0 Å². The van der Waals surface area contributed by atoms with Crippen LogP contribution in [-0.2, 0) is 13.1 Å². The van der Waals surface area contributed by atoms with E-state index in [1.165, 1.54) is 69.7 Å². The van der Waals surface area contributed by atoms with E-state index in [1.807, 2.05) is 6.26 Å². The van der Waals surface area contributed by atoms with Gasteiger partial charge < -0.3 is 14.6 Å². The maximum Gasteiger partial charge on any atom is 0.122 e. The van der Waals surface area contributed by atoms with Gasteiger partial charge in [-0.05, 0) is 37.7 Å². The molecule has 4 nitrogen and oxygen atoms in total. The average molecular weight is 289 g/mol. The molecule has 0 atom stereocenters. The lowest BCUT2D eigenvalue weighted by Crippen LogP contribution is -2.46. The van der Waals surface area contributed by atoms with Crippen molar-refractivity contribution in [3.05, 3.63) is 23.7 Å². The van der Waals surface area contributed by atoms with Crippen LogP contribution in [0.15, 0.2) is 16.7 Å². The normalized spacial score (nSPS) is 24.6. The molecule has 21 heavy (non-hydrogen) atoms. The third-order valence-electron chi connectivity index (χ3n) is 5.04. The highest BCUT2D eigenvalue weighted by Crippen LogP contribution is 2.30. The van der Waals surface area contributed by atoms with E-state index in [9.17, 15) is 0 Å². The van der Waals surface area contributed by atoms with Gasteiger partial charge in [0.15, 0.2) is 0 Å². The smallest absolute Gasteiger partial charge is 0.122 e. The summed E-state index contributed by atoms with van der Waals surface area (Å²) in [6, 6.07) is 2.90. The molecule has 0 radical (unpaired) electrons. The quantitative estimate of drug-likeness (QED) is 0.832. The molecular weight excluding hydrogens is 262 g/mol. The fourth-order valence-corrected chi connectivity index (χ4v) is 3.20. The molecule has 3 aliphatic rings. The molecule has 4 heteroatoms. The van der Waals surface area contributed by atoms with E-state index in [-0.39, 0.29) is 0 Å². The van der Waals surface area contributed by atoms with Crippen molar-refractivity contribution in [2.75, 3.05) is 32.7 Å². The van der Waals surface area contributed by atoms with Crippen LogP contribution in [0.5, 0.6) is 0 Å². The van der Waals surface area contributed by atoms with Gasteiger partial charge in [0.1, 0.15) is 5.76 Å². The molecule has 4 rings (SSSR count). The molecule has 1 aromatic heterocycles. The van der Waals surface area contributed by atoms with E-state index in [0.717, 1.165) is 25.0 Å². The number of rotatable bonds is 7. The van der Waals surface area contributed by atoms with Gasteiger partial charge in [-0.15, -0.1) is 0 Å². The Morgan fingerprint density at radius 2 is 1.81 bits per heavy atom. The Balaban J connectivity index is 1.25. The Labute approximate surface area is 127 Å². The zero-order valence-corrected chi connectivity index (χ0v) is 12.9. The van der Waals surface area contributed by atoms with Crippen LogP contribution in [-0.4, -0.2) is 48.6 Å². The molecule has 2 aliphatic carbocycles. The molecule has 3 fully saturated rings. The fourth-order valence-electron chi connectivity index (χ4n) is 3.20. The first kappa shape index (κ1) is 13.8. The van der Waals surface area contributed by atoms with Crippen molar-refractivity contribution in [1.29, 1.82) is 0 Å². The molecule has 0 bridgehead atoms. The van der Waals surface area contributed by atoms with Crippen LogP contribution in [0.3, 0.4) is 0 Å². The summed E-state index contributed by atoms with van der Waals surface area (Å²) in [7, 11) is 0. The van der Waals surface area contributed by atoms with Crippen LogP contribution in [0.1, 0.15) is 37.0 Å². The SMILES string of the molecule is c1cc(CNC2CC2)c(CN2CCN(CC3CC3)CC2)o1. The van der Waals surface area contributed by atoms with E-state index in [4.69, 9.17) is 4.42 Å². The van der Waals surface area contributed by atoms with Crippen LogP contribution < -0.4 is 5.32 Å². The Kier molecular flexibility index (Phi) is 4.01. The highest BCUT2D eigenvalue weighted by molar-refractivity contribution is 5.17. The third-order valence-corrected chi connectivity index (χ3v) is 5.04. The largest absolute Gasteiger partial charge is 0.468 e. The Hall–Kier alpha value is -0.840. The molecule has 0 spiro atoms. The minimum absolute atomic E-state index is 0.763. The van der Waals surface area contributed by atoms with Gasteiger partial charge in [0.05, 0.1) is 12.8 Å². The van der Waals surface area contributed by atoms with Gasteiger partial charge in [0, 0.05) is 50.9 Å². The fraction of sp³-hybridized carbons (Fsp3) is 0.765. The van der Waals surface area contributed by atoms with Gasteiger partial charge in [-0.1, -0.05) is 0 Å². The van der Waals surface area contributed by atoms with Crippen molar-refractivity contribution in [3.63, 3.8) is 0 Å². The molecule has 1 saturated heterocycles. The molecule has 1 N–H and O–H groups in total. The van der Waals surface area contributed by atoms with Crippen LogP contribution >= 0.6 is 0 Å². The number of hydrogen-bond acceptors (Lipinski definition) is 4. The lowest BCUT2D eigenvalue weighted by Gasteiger charge is -2.34. The highest BCUT2D eigenvalue weighted by Gasteiger charge is 2.27. The van der Waals surface area contributed by atoms with Crippen LogP contribution in [0.2, 0.25) is 0 Å². The first-order valence-electron chi connectivity index (χ1n) is 8.60. The van der Waals surface area contributed by atoms with Crippen molar-refractivity contribution in [2.24, 2.45) is 5.92 Å². The minimum Gasteiger partial charge on any atom is -0.468 e. The van der Waals surface area contributed by atoms with Crippen LogP contribution in [0.4, 0.5) is 0 Å². The lowest BCUT2D eigenvalue weighted by molar-refractivity contribution is 0.117. The van der Waals surface area contributed by atoms with Gasteiger partial charge >= 0.3 is 0 Å². The maximum absolute atomic E-state index is 5.73. The first-order valence-corrected chi connectivity index (χ1v) is 8.60. The molecular formula is C17H27N3O. The van der Waals surface area contributed by atoms with Crippen molar-refractivity contribution in [3.8, 4) is 0 Å². The van der Waals surface area contributed by atoms with Crippen molar-refractivity contribution in [2.45, 2.75) is 44.8 Å². The molecule has 1 aromatic rings. The highest BCUT2D eigenvalue weighted by atomic mass is 16.3. The number of piperazine rings is 1. The van der Waals surface area contributed by atoms with Crippen LogP contribution in [0, 0.1) is 5.92 Å². The third kappa shape index (κ3) is 3.87. The number of nitrogens with zero attached hydrogens (tertiary/aromatic N) is 2. The van der Waals surface area contributed by atoms with Gasteiger partial charge in [-0.25, -0.2) is 0 Å². The Bertz CT molecular complexity index is 456. The van der Waals surface area contributed by atoms with E-state index >= 15 is 0 Å². The van der Waals surface area contributed by atoms with Crippen molar-refractivity contribution >= 4 is 0 Å². The van der Waals surface area contributed by atoms with Gasteiger partial charge in [0.2, 0.25) is 0 Å². The summed E-state index contributed by atoms with van der Waals surface area (Å²) < 4.78 is 5.73. The molecule has 0 unspecified atom stereocenters. The monoisotopic (exact) mass is 289 g/mol. The summed E-state index contributed by atoms with van der Waals surface area (Å²) in [4.78, 5) is 5.19. The summed E-state index contributed by atoms with van der Waals surface area (Å²) in [5.74, 6) is 2.18. The molecule has 0 aromatic carbocycles. The summed E-state index contributed by atoms with van der Waals surface area (Å²) >= 11 is 0. The minimum atomic E-state index is 0.763. The topological polar surface area (TPSA) is 31.6 Å². The molecule has 2 saturated carbocycles. The molecule has 0 amide bonds. The van der Waals surface area contributed by atoms with Gasteiger partial charge in [-0.2, -0.15) is 0 Å². The molecule has 2 heterocycles. The van der Waals surface area contributed by atoms with Crippen molar-refractivity contribution < 1.29 is 4.42 Å². The summed E-state index contributed by atoms with van der Waals surface area (Å²) in [6.45, 7) is 8.11. The van der Waals surface area contributed by atoms with Gasteiger partial charge in [0.25, 0.3) is 0 Å². The first-order chi connectivity index (χ1) is 10.4. The summed E-state index contributed by atoms with van der Waals surface area (Å²) in [5, 5.41) is 3.59. The number of hydrogen-bond donors (Lipinski definition) is 1. The van der Waals surface area contributed by atoms with Crippen molar-refractivity contribution in [1.82, 2.24) is 15.1 Å². The summed E-state index contributed by atoms with van der Waals surface area (Å²) in [5.41, 5.74) is 1.35. The lowest BCUT2D eigenvalue weighted by atomic mass is 10.2. The summed E-state index contributed by atoms with van der Waals surface area (Å²) in [6.07, 6.45) is 7.46. The predicted octanol–water partition coefficient (Wildman–Crippen LogP) is 2.06. The van der Waals surface area contributed by atoms with Crippen LogP contribution in [0.25, 0.3) is 0 Å². The number of nitrogens with one attached hydrogen (secondary N) is 1. The van der Waals surface area contributed by atoms with Gasteiger partial charge in [-0.3, -0.25) is 4.90 Å². The van der Waals surface area contributed by atoms with E-state index in [1.54, 1.807) is 0 Å². The Morgan fingerprint density at radius 1 is 1.05 bits per heavy atom. The zero-order chi connectivity index (χ0) is 14.1. The standard InChI is InChI=1S/C17H27N3O/c1-2-14(1)12-19-6-8-20(9-7-19)13-17-15(5-10-21-17)11-18-16-3-4-16/h5,10,14,16,18H,1-4,6-9,11-13H2. The zero-order valence-electron chi connectivity index (χ0n) is 12.9. The predicted molar refractivity (Wildman–Crippen MR) is 83.0 cm³/mol. The van der Waals surface area contributed by atoms with E-state index < -0.39 is 0 Å². The molecule has 1 aliphatic heterocycles. The Morgan fingerprint density at radius 3 is 2.52 bits per heavy atom.